The van der Waals surface area contributed by atoms with Gasteiger partial charge in [-0.15, -0.1) is 0 Å². The van der Waals surface area contributed by atoms with Crippen LogP contribution in [-0.2, 0) is 4.79 Å². The van der Waals surface area contributed by atoms with Crippen LogP contribution in [0, 0.1) is 23.3 Å². The van der Waals surface area contributed by atoms with Crippen LogP contribution < -0.4 is 11.1 Å². The van der Waals surface area contributed by atoms with Gasteiger partial charge in [0.05, 0.1) is 6.42 Å². The predicted octanol–water partition coefficient (Wildman–Crippen LogP) is 1.32. The van der Waals surface area contributed by atoms with Crippen molar-refractivity contribution in [2.45, 2.75) is 6.42 Å². The highest BCUT2D eigenvalue weighted by Gasteiger charge is 2.21. The second-order valence-electron chi connectivity index (χ2n) is 3.16. The average Bonchev–Trinajstić information content (AvgIpc) is 2.32. The molecule has 0 fully saturated rings. The number of nitrogens with zero attached hydrogens (tertiary/aromatic N) is 1. The van der Waals surface area contributed by atoms with Crippen LogP contribution in [0.1, 0.15) is 6.42 Å². The topological polar surface area (TPSA) is 87.7 Å². The fourth-order valence-electron chi connectivity index (χ4n) is 1.07. The van der Waals surface area contributed by atoms with Crippen molar-refractivity contribution in [1.29, 1.82) is 0 Å². The Hall–Kier alpha value is -2.32. The SMILES string of the molecule is N/C(CC(=O)Nc1c(F)c(F)cc(F)c1F)=N/O. The van der Waals surface area contributed by atoms with E-state index in [4.69, 9.17) is 10.9 Å². The zero-order chi connectivity index (χ0) is 13.9. The molecule has 9 heteroatoms. The van der Waals surface area contributed by atoms with Crippen LogP contribution in [0.2, 0.25) is 0 Å². The van der Waals surface area contributed by atoms with Gasteiger partial charge in [-0.1, -0.05) is 5.16 Å². The summed E-state index contributed by atoms with van der Waals surface area (Å²) in [6.45, 7) is 0. The summed E-state index contributed by atoms with van der Waals surface area (Å²) in [4.78, 5) is 11.1. The normalized spacial score (nSPS) is 11.4. The number of amides is 1. The molecule has 1 aromatic rings. The number of hydrogen-bond donors (Lipinski definition) is 3. The number of oxime groups is 1. The lowest BCUT2D eigenvalue weighted by atomic mass is 10.2. The summed E-state index contributed by atoms with van der Waals surface area (Å²) < 4.78 is 51.8. The van der Waals surface area contributed by atoms with E-state index in [2.05, 4.69) is 5.16 Å². The van der Waals surface area contributed by atoms with E-state index < -0.39 is 47.1 Å². The average molecular weight is 265 g/mol. The number of amidine groups is 1. The molecular formula is C9H7F4N3O2. The zero-order valence-corrected chi connectivity index (χ0v) is 8.68. The Morgan fingerprint density at radius 3 is 2.22 bits per heavy atom. The molecule has 0 aliphatic carbocycles. The molecule has 1 amide bonds. The first-order chi connectivity index (χ1) is 8.36. The number of hydrogen-bond acceptors (Lipinski definition) is 3. The molecule has 4 N–H and O–H groups in total. The largest absolute Gasteiger partial charge is 0.409 e. The maximum absolute atomic E-state index is 13.1. The van der Waals surface area contributed by atoms with Gasteiger partial charge in [0, 0.05) is 6.07 Å². The number of nitrogens with two attached hydrogens (primary N) is 1. The third-order valence-corrected chi connectivity index (χ3v) is 1.85. The van der Waals surface area contributed by atoms with Crippen molar-refractivity contribution in [2.75, 3.05) is 5.32 Å². The molecule has 0 heterocycles. The summed E-state index contributed by atoms with van der Waals surface area (Å²) in [5.41, 5.74) is 3.69. The Balaban J connectivity index is 3.01. The highest BCUT2D eigenvalue weighted by molar-refractivity contribution is 6.04. The van der Waals surface area contributed by atoms with Crippen LogP contribution in [0.5, 0.6) is 0 Å². The van der Waals surface area contributed by atoms with Gasteiger partial charge < -0.3 is 16.3 Å². The number of benzene rings is 1. The first-order valence-corrected chi connectivity index (χ1v) is 4.46. The number of carbonyl (C=O) groups excluding carboxylic acids is 1. The fraction of sp³-hybridized carbons (Fsp3) is 0.111. The van der Waals surface area contributed by atoms with Crippen molar-refractivity contribution in [3.05, 3.63) is 29.3 Å². The molecule has 0 aromatic heterocycles. The molecule has 0 atom stereocenters. The van der Waals surface area contributed by atoms with Gasteiger partial charge in [-0.3, -0.25) is 4.79 Å². The fourth-order valence-corrected chi connectivity index (χ4v) is 1.07. The molecule has 0 bridgehead atoms. The first kappa shape index (κ1) is 13.7. The number of anilines is 1. The second-order valence-corrected chi connectivity index (χ2v) is 3.16. The van der Waals surface area contributed by atoms with Crippen molar-refractivity contribution in [3.8, 4) is 0 Å². The first-order valence-electron chi connectivity index (χ1n) is 4.46. The van der Waals surface area contributed by atoms with Gasteiger partial charge >= 0.3 is 0 Å². The van der Waals surface area contributed by atoms with E-state index in [9.17, 15) is 22.4 Å². The molecule has 0 saturated carbocycles. The smallest absolute Gasteiger partial charge is 0.232 e. The number of halogens is 4. The van der Waals surface area contributed by atoms with E-state index in [1.54, 1.807) is 5.32 Å². The molecule has 0 radical (unpaired) electrons. The highest BCUT2D eigenvalue weighted by atomic mass is 19.2. The van der Waals surface area contributed by atoms with Gasteiger partial charge in [-0.05, 0) is 0 Å². The number of carbonyl (C=O) groups is 1. The Morgan fingerprint density at radius 2 is 1.78 bits per heavy atom. The standard InChI is InChI=1S/C9H7F4N3O2/c10-3-1-4(11)8(13)9(7(3)12)15-6(17)2-5(14)16-18/h1,18H,2H2,(H2,14,16)(H,15,17). The second kappa shape index (κ2) is 5.34. The van der Waals surface area contributed by atoms with Crippen LogP contribution in [0.4, 0.5) is 23.2 Å². The molecule has 0 unspecified atom stereocenters. The van der Waals surface area contributed by atoms with Crippen molar-refractivity contribution < 1.29 is 27.6 Å². The third-order valence-electron chi connectivity index (χ3n) is 1.85. The Morgan fingerprint density at radius 1 is 1.28 bits per heavy atom. The maximum Gasteiger partial charge on any atom is 0.232 e. The van der Waals surface area contributed by atoms with E-state index in [0.29, 0.717) is 0 Å². The van der Waals surface area contributed by atoms with Crippen molar-refractivity contribution >= 4 is 17.4 Å². The third kappa shape index (κ3) is 2.87. The summed E-state index contributed by atoms with van der Waals surface area (Å²) in [5.74, 6) is -8.46. The van der Waals surface area contributed by atoms with E-state index in [0.717, 1.165) is 0 Å². The Bertz CT molecular complexity index is 493. The van der Waals surface area contributed by atoms with E-state index in [1.807, 2.05) is 0 Å². The molecule has 98 valence electrons. The quantitative estimate of drug-likeness (QED) is 0.192. The summed E-state index contributed by atoms with van der Waals surface area (Å²) in [6.07, 6.45) is -0.701. The summed E-state index contributed by atoms with van der Waals surface area (Å²) >= 11 is 0. The van der Waals surface area contributed by atoms with Crippen molar-refractivity contribution in [1.82, 2.24) is 0 Å². The van der Waals surface area contributed by atoms with E-state index in [1.165, 1.54) is 0 Å². The monoisotopic (exact) mass is 265 g/mol. The summed E-state index contributed by atoms with van der Waals surface area (Å²) in [6, 6.07) is 0.00383. The molecule has 0 aliphatic rings. The molecule has 18 heavy (non-hydrogen) atoms. The van der Waals surface area contributed by atoms with Crippen molar-refractivity contribution in [2.24, 2.45) is 10.9 Å². The minimum atomic E-state index is -1.75. The van der Waals surface area contributed by atoms with Crippen molar-refractivity contribution in [3.63, 3.8) is 0 Å². The van der Waals surface area contributed by atoms with Gasteiger partial charge in [-0.25, -0.2) is 17.6 Å². The number of rotatable bonds is 3. The molecule has 0 spiro atoms. The van der Waals surface area contributed by atoms with Crippen LogP contribution in [0.15, 0.2) is 11.2 Å². The molecule has 5 nitrogen and oxygen atoms in total. The Kier molecular flexibility index (Phi) is 4.08. The van der Waals surface area contributed by atoms with Gasteiger partial charge in [-0.2, -0.15) is 0 Å². The van der Waals surface area contributed by atoms with Crippen LogP contribution >= 0.6 is 0 Å². The minimum absolute atomic E-state index is 0.00383. The van der Waals surface area contributed by atoms with E-state index in [-0.39, 0.29) is 6.07 Å². The maximum atomic E-state index is 13.1. The lowest BCUT2D eigenvalue weighted by Gasteiger charge is -2.08. The Labute approximate surface area is 97.9 Å². The minimum Gasteiger partial charge on any atom is -0.409 e. The van der Waals surface area contributed by atoms with Gasteiger partial charge in [0.1, 0.15) is 11.5 Å². The lowest BCUT2D eigenvalue weighted by molar-refractivity contribution is -0.115. The summed E-state index contributed by atoms with van der Waals surface area (Å²) in [5, 5.41) is 12.2. The van der Waals surface area contributed by atoms with Gasteiger partial charge in [0.2, 0.25) is 5.91 Å². The molecule has 0 saturated heterocycles. The van der Waals surface area contributed by atoms with Gasteiger partial charge in [0.15, 0.2) is 23.3 Å². The lowest BCUT2D eigenvalue weighted by Crippen LogP contribution is -2.23. The molecule has 1 aromatic carbocycles. The molecular weight excluding hydrogens is 258 g/mol. The van der Waals surface area contributed by atoms with E-state index >= 15 is 0 Å². The van der Waals surface area contributed by atoms with Gasteiger partial charge in [0.25, 0.3) is 0 Å². The number of nitrogens with one attached hydrogen (secondary N) is 1. The summed E-state index contributed by atoms with van der Waals surface area (Å²) in [7, 11) is 0. The predicted molar refractivity (Wildman–Crippen MR) is 52.9 cm³/mol. The van der Waals surface area contributed by atoms with Crippen LogP contribution in [0.25, 0.3) is 0 Å². The highest BCUT2D eigenvalue weighted by Crippen LogP contribution is 2.24. The van der Waals surface area contributed by atoms with Crippen LogP contribution in [-0.4, -0.2) is 17.0 Å². The zero-order valence-electron chi connectivity index (χ0n) is 8.68. The van der Waals surface area contributed by atoms with Crippen LogP contribution in [0.3, 0.4) is 0 Å². The molecule has 0 aliphatic heterocycles. The molecule has 1 rings (SSSR count).